The molecule has 0 saturated heterocycles. The van der Waals surface area contributed by atoms with Gasteiger partial charge in [0.2, 0.25) is 0 Å². The average Bonchev–Trinajstić information content (AvgIpc) is 2.33. The Kier molecular flexibility index (Phi) is 9.88. The number of rotatable bonds is 10. The fraction of sp³-hybridized carbons (Fsp3) is 0.846. The van der Waals surface area contributed by atoms with Crippen LogP contribution in [0.3, 0.4) is 0 Å². The molecule has 0 saturated carbocycles. The van der Waals surface area contributed by atoms with Gasteiger partial charge in [0.25, 0.3) is 0 Å². The summed E-state index contributed by atoms with van der Waals surface area (Å²) >= 11 is 0. The van der Waals surface area contributed by atoms with E-state index in [2.05, 4.69) is 10.6 Å². The zero-order valence-corrected chi connectivity index (χ0v) is 12.1. The zero-order chi connectivity index (χ0) is 14.7. The normalized spacial score (nSPS) is 12.2. The molecule has 0 aliphatic rings. The van der Waals surface area contributed by atoms with Gasteiger partial charge in [0, 0.05) is 19.7 Å². The summed E-state index contributed by atoms with van der Waals surface area (Å²) in [4.78, 5) is 22.1. The maximum atomic E-state index is 11.4. The minimum Gasteiger partial charge on any atom is -0.481 e. The van der Waals surface area contributed by atoms with E-state index in [4.69, 9.17) is 9.84 Å². The summed E-state index contributed by atoms with van der Waals surface area (Å²) < 4.78 is 5.38. The van der Waals surface area contributed by atoms with Gasteiger partial charge in [-0.05, 0) is 33.1 Å². The van der Waals surface area contributed by atoms with Gasteiger partial charge in [-0.1, -0.05) is 6.92 Å². The maximum Gasteiger partial charge on any atom is 0.314 e. The highest BCUT2D eigenvalue weighted by atomic mass is 16.5. The molecule has 0 fully saturated rings. The summed E-state index contributed by atoms with van der Waals surface area (Å²) in [6, 6.07) is -0.315. The van der Waals surface area contributed by atoms with Gasteiger partial charge >= 0.3 is 12.0 Å². The van der Waals surface area contributed by atoms with E-state index >= 15 is 0 Å². The van der Waals surface area contributed by atoms with Gasteiger partial charge in [0.15, 0.2) is 0 Å². The first-order chi connectivity index (χ1) is 8.97. The van der Waals surface area contributed by atoms with Gasteiger partial charge in [0.05, 0.1) is 12.0 Å². The molecule has 0 heterocycles. The topological polar surface area (TPSA) is 87.7 Å². The van der Waals surface area contributed by atoms with Crippen LogP contribution in [0.5, 0.6) is 0 Å². The number of carbonyl (C=O) groups excluding carboxylic acids is 1. The van der Waals surface area contributed by atoms with Crippen LogP contribution in [-0.4, -0.2) is 42.9 Å². The highest BCUT2D eigenvalue weighted by Crippen LogP contribution is 2.00. The Bertz CT molecular complexity index is 269. The van der Waals surface area contributed by atoms with Crippen molar-refractivity contribution in [1.29, 1.82) is 0 Å². The number of urea groups is 1. The van der Waals surface area contributed by atoms with Crippen molar-refractivity contribution in [2.24, 2.45) is 5.92 Å². The third-order valence-corrected chi connectivity index (χ3v) is 2.66. The monoisotopic (exact) mass is 274 g/mol. The summed E-state index contributed by atoms with van der Waals surface area (Å²) in [5.74, 6) is -1.40. The number of amides is 2. The predicted molar refractivity (Wildman–Crippen MR) is 73.1 cm³/mol. The van der Waals surface area contributed by atoms with E-state index in [-0.39, 0.29) is 18.7 Å². The van der Waals surface area contributed by atoms with E-state index in [1.165, 1.54) is 0 Å². The largest absolute Gasteiger partial charge is 0.481 e. The van der Waals surface area contributed by atoms with E-state index < -0.39 is 11.9 Å². The number of hydrogen-bond acceptors (Lipinski definition) is 3. The summed E-state index contributed by atoms with van der Waals surface area (Å²) in [5, 5.41) is 14.1. The number of carboxylic acids is 1. The van der Waals surface area contributed by atoms with Crippen molar-refractivity contribution in [2.45, 2.75) is 46.1 Å². The lowest BCUT2D eigenvalue weighted by atomic mass is 10.1. The van der Waals surface area contributed by atoms with Crippen molar-refractivity contribution in [3.63, 3.8) is 0 Å². The molecule has 0 bridgehead atoms. The number of carboxylic acid groups (broad SMARTS) is 1. The number of nitrogens with one attached hydrogen (secondary N) is 2. The molecule has 0 spiro atoms. The van der Waals surface area contributed by atoms with Gasteiger partial charge in [-0.15, -0.1) is 0 Å². The Labute approximate surface area is 114 Å². The third-order valence-electron chi connectivity index (χ3n) is 2.66. The van der Waals surface area contributed by atoms with E-state index in [1.807, 2.05) is 13.8 Å². The van der Waals surface area contributed by atoms with Crippen LogP contribution < -0.4 is 10.6 Å². The van der Waals surface area contributed by atoms with Crippen LogP contribution in [0.15, 0.2) is 0 Å². The molecule has 2 amide bonds. The Morgan fingerprint density at radius 1 is 1.21 bits per heavy atom. The number of ether oxygens (including phenoxy) is 1. The Morgan fingerprint density at radius 3 is 2.42 bits per heavy atom. The molecule has 3 N–H and O–H groups in total. The van der Waals surface area contributed by atoms with Crippen molar-refractivity contribution >= 4 is 12.0 Å². The van der Waals surface area contributed by atoms with Crippen molar-refractivity contribution < 1.29 is 19.4 Å². The van der Waals surface area contributed by atoms with Crippen LogP contribution in [0.1, 0.15) is 40.0 Å². The first-order valence-electron chi connectivity index (χ1n) is 6.83. The molecular formula is C13H26N2O4. The fourth-order valence-corrected chi connectivity index (χ4v) is 1.43. The van der Waals surface area contributed by atoms with Crippen LogP contribution in [0.4, 0.5) is 4.79 Å². The van der Waals surface area contributed by atoms with E-state index in [1.54, 1.807) is 6.92 Å². The quantitative estimate of drug-likeness (QED) is 0.528. The molecule has 6 heteroatoms. The van der Waals surface area contributed by atoms with Crippen molar-refractivity contribution in [3.8, 4) is 0 Å². The molecule has 0 aromatic rings. The standard InChI is InChI=1S/C13H26N2O4/c1-4-11(12(16)17)9-15-13(18)14-7-5-6-8-19-10(2)3/h10-11H,4-9H2,1-3H3,(H,16,17)(H2,14,15,18). The second-order valence-corrected chi connectivity index (χ2v) is 4.71. The van der Waals surface area contributed by atoms with Crippen molar-refractivity contribution in [1.82, 2.24) is 10.6 Å². The Hall–Kier alpha value is -1.30. The fourth-order valence-electron chi connectivity index (χ4n) is 1.43. The highest BCUT2D eigenvalue weighted by molar-refractivity contribution is 5.75. The second-order valence-electron chi connectivity index (χ2n) is 4.71. The highest BCUT2D eigenvalue weighted by Gasteiger charge is 2.15. The lowest BCUT2D eigenvalue weighted by molar-refractivity contribution is -0.141. The lowest BCUT2D eigenvalue weighted by Gasteiger charge is -2.12. The molecule has 0 rings (SSSR count). The Balaban J connectivity index is 3.52. The molecule has 1 atom stereocenters. The molecule has 0 radical (unpaired) electrons. The molecular weight excluding hydrogens is 248 g/mol. The summed E-state index contributed by atoms with van der Waals surface area (Å²) in [5.41, 5.74) is 0. The summed E-state index contributed by atoms with van der Waals surface area (Å²) in [6.07, 6.45) is 2.47. The van der Waals surface area contributed by atoms with Gasteiger partial charge < -0.3 is 20.5 Å². The first-order valence-corrected chi connectivity index (χ1v) is 6.83. The maximum absolute atomic E-state index is 11.4. The van der Waals surface area contributed by atoms with E-state index in [0.717, 1.165) is 12.8 Å². The Morgan fingerprint density at radius 2 is 1.89 bits per heavy atom. The van der Waals surface area contributed by atoms with E-state index in [0.29, 0.717) is 19.6 Å². The molecule has 19 heavy (non-hydrogen) atoms. The molecule has 0 aliphatic heterocycles. The third kappa shape index (κ3) is 10.3. The molecule has 0 aromatic carbocycles. The average molecular weight is 274 g/mol. The molecule has 1 unspecified atom stereocenters. The minimum absolute atomic E-state index is 0.161. The van der Waals surface area contributed by atoms with Crippen LogP contribution in [0, 0.1) is 5.92 Å². The van der Waals surface area contributed by atoms with Crippen molar-refractivity contribution in [2.75, 3.05) is 19.7 Å². The molecule has 112 valence electrons. The number of carbonyl (C=O) groups is 2. The number of aliphatic carboxylic acids is 1. The van der Waals surface area contributed by atoms with Gasteiger partial charge in [-0.3, -0.25) is 4.79 Å². The summed E-state index contributed by atoms with van der Waals surface area (Å²) in [7, 11) is 0. The predicted octanol–water partition coefficient (Wildman–Crippen LogP) is 1.60. The molecule has 6 nitrogen and oxygen atoms in total. The van der Waals surface area contributed by atoms with Gasteiger partial charge in [-0.25, -0.2) is 4.79 Å². The molecule has 0 aliphatic carbocycles. The second kappa shape index (κ2) is 10.6. The number of unbranched alkanes of at least 4 members (excludes halogenated alkanes) is 1. The van der Waals surface area contributed by atoms with Crippen LogP contribution in [0.2, 0.25) is 0 Å². The van der Waals surface area contributed by atoms with E-state index in [9.17, 15) is 9.59 Å². The zero-order valence-electron chi connectivity index (χ0n) is 12.1. The van der Waals surface area contributed by atoms with Crippen LogP contribution in [0.25, 0.3) is 0 Å². The van der Waals surface area contributed by atoms with Crippen LogP contribution in [-0.2, 0) is 9.53 Å². The lowest BCUT2D eigenvalue weighted by Crippen LogP contribution is -2.40. The minimum atomic E-state index is -0.881. The van der Waals surface area contributed by atoms with Gasteiger partial charge in [0.1, 0.15) is 0 Å². The van der Waals surface area contributed by atoms with Crippen molar-refractivity contribution in [3.05, 3.63) is 0 Å². The summed E-state index contributed by atoms with van der Waals surface area (Å²) in [6.45, 7) is 7.17. The first kappa shape index (κ1) is 17.7. The van der Waals surface area contributed by atoms with Gasteiger partial charge in [-0.2, -0.15) is 0 Å². The number of hydrogen-bond donors (Lipinski definition) is 3. The molecule has 0 aromatic heterocycles. The SMILES string of the molecule is CCC(CNC(=O)NCCCCOC(C)C)C(=O)O. The van der Waals surface area contributed by atoms with Crippen LogP contribution >= 0.6 is 0 Å². The smallest absolute Gasteiger partial charge is 0.314 e.